The van der Waals surface area contributed by atoms with E-state index in [9.17, 15) is 4.79 Å². The number of aryl methyl sites for hydroxylation is 2. The van der Waals surface area contributed by atoms with Gasteiger partial charge in [0.2, 0.25) is 5.91 Å². The molecule has 1 heterocycles. The van der Waals surface area contributed by atoms with E-state index in [4.69, 9.17) is 4.74 Å². The first-order chi connectivity index (χ1) is 9.65. The zero-order chi connectivity index (χ0) is 14.4. The van der Waals surface area contributed by atoms with Crippen LogP contribution in [0.2, 0.25) is 0 Å². The van der Waals surface area contributed by atoms with Gasteiger partial charge in [-0.15, -0.1) is 0 Å². The van der Waals surface area contributed by atoms with Crippen molar-refractivity contribution < 1.29 is 9.53 Å². The molecule has 0 atom stereocenters. The fourth-order valence-corrected chi connectivity index (χ4v) is 2.32. The van der Waals surface area contributed by atoms with E-state index in [2.05, 4.69) is 17.6 Å². The number of anilines is 1. The monoisotopic (exact) mass is 276 g/mol. The zero-order valence-electron chi connectivity index (χ0n) is 12.4. The van der Waals surface area contributed by atoms with E-state index in [1.165, 1.54) is 11.1 Å². The number of benzene rings is 1. The van der Waals surface area contributed by atoms with Crippen LogP contribution < -0.4 is 10.6 Å². The van der Waals surface area contributed by atoms with E-state index in [0.717, 1.165) is 31.6 Å². The lowest BCUT2D eigenvalue weighted by Crippen LogP contribution is -2.33. The molecule has 2 rings (SSSR count). The van der Waals surface area contributed by atoms with Crippen LogP contribution in [0.15, 0.2) is 18.2 Å². The van der Waals surface area contributed by atoms with Crippen LogP contribution in [0.25, 0.3) is 0 Å². The van der Waals surface area contributed by atoms with Crippen molar-refractivity contribution in [2.45, 2.75) is 39.2 Å². The van der Waals surface area contributed by atoms with Gasteiger partial charge >= 0.3 is 0 Å². The first-order valence-electron chi connectivity index (χ1n) is 7.34. The van der Waals surface area contributed by atoms with Crippen molar-refractivity contribution >= 4 is 11.6 Å². The number of rotatable bonds is 5. The summed E-state index contributed by atoms with van der Waals surface area (Å²) >= 11 is 0. The minimum absolute atomic E-state index is 0.0159. The molecular weight excluding hydrogens is 252 g/mol. The third kappa shape index (κ3) is 4.62. The summed E-state index contributed by atoms with van der Waals surface area (Å²) in [5.74, 6) is 0.0159. The van der Waals surface area contributed by atoms with Gasteiger partial charge in [-0.3, -0.25) is 4.79 Å². The number of nitrogens with one attached hydrogen (secondary N) is 2. The molecule has 0 unspecified atom stereocenters. The number of hydrogen-bond donors (Lipinski definition) is 2. The minimum atomic E-state index is 0.0159. The molecule has 1 aliphatic rings. The van der Waals surface area contributed by atoms with Crippen molar-refractivity contribution in [1.29, 1.82) is 0 Å². The van der Waals surface area contributed by atoms with E-state index in [0.29, 0.717) is 19.1 Å². The quantitative estimate of drug-likeness (QED) is 0.868. The lowest BCUT2D eigenvalue weighted by Gasteiger charge is -2.22. The molecule has 110 valence electrons. The first kappa shape index (κ1) is 15.0. The van der Waals surface area contributed by atoms with Crippen LogP contribution in [0.5, 0.6) is 0 Å². The SMILES string of the molecule is Cc1ccc(NC(=O)CCOC2CCNCC2)cc1C. The van der Waals surface area contributed by atoms with E-state index >= 15 is 0 Å². The van der Waals surface area contributed by atoms with Gasteiger partial charge in [-0.2, -0.15) is 0 Å². The number of piperidine rings is 1. The van der Waals surface area contributed by atoms with Crippen molar-refractivity contribution in [3.8, 4) is 0 Å². The van der Waals surface area contributed by atoms with Gasteiger partial charge in [0.1, 0.15) is 0 Å². The van der Waals surface area contributed by atoms with Crippen LogP contribution in [0.1, 0.15) is 30.4 Å². The maximum Gasteiger partial charge on any atom is 0.226 e. The number of hydrogen-bond acceptors (Lipinski definition) is 3. The molecule has 0 bridgehead atoms. The van der Waals surface area contributed by atoms with Crippen molar-refractivity contribution in [3.63, 3.8) is 0 Å². The summed E-state index contributed by atoms with van der Waals surface area (Å²) in [7, 11) is 0. The second kappa shape index (κ2) is 7.41. The van der Waals surface area contributed by atoms with Gasteiger partial charge in [0, 0.05) is 5.69 Å². The zero-order valence-corrected chi connectivity index (χ0v) is 12.4. The molecule has 0 radical (unpaired) electrons. The normalized spacial score (nSPS) is 16.1. The number of carbonyl (C=O) groups excluding carboxylic acids is 1. The van der Waals surface area contributed by atoms with E-state index in [1.807, 2.05) is 25.1 Å². The second-order valence-corrected chi connectivity index (χ2v) is 5.42. The summed E-state index contributed by atoms with van der Waals surface area (Å²) < 4.78 is 5.73. The van der Waals surface area contributed by atoms with Gasteiger partial charge in [0.25, 0.3) is 0 Å². The van der Waals surface area contributed by atoms with Gasteiger partial charge in [-0.1, -0.05) is 6.07 Å². The molecule has 1 aliphatic heterocycles. The Hall–Kier alpha value is -1.39. The summed E-state index contributed by atoms with van der Waals surface area (Å²) in [5, 5.41) is 6.21. The minimum Gasteiger partial charge on any atom is -0.378 e. The summed E-state index contributed by atoms with van der Waals surface area (Å²) in [5.41, 5.74) is 3.28. The van der Waals surface area contributed by atoms with Crippen LogP contribution in [-0.4, -0.2) is 31.7 Å². The highest BCUT2D eigenvalue weighted by atomic mass is 16.5. The Morgan fingerprint density at radius 2 is 2.05 bits per heavy atom. The Labute approximate surface area is 120 Å². The third-order valence-electron chi connectivity index (χ3n) is 3.76. The second-order valence-electron chi connectivity index (χ2n) is 5.42. The topological polar surface area (TPSA) is 50.4 Å². The van der Waals surface area contributed by atoms with Crippen molar-refractivity contribution in [2.24, 2.45) is 0 Å². The highest BCUT2D eigenvalue weighted by Crippen LogP contribution is 2.14. The highest BCUT2D eigenvalue weighted by Gasteiger charge is 2.13. The first-order valence-corrected chi connectivity index (χ1v) is 7.34. The number of carbonyl (C=O) groups is 1. The van der Waals surface area contributed by atoms with Crippen LogP contribution in [0.3, 0.4) is 0 Å². The van der Waals surface area contributed by atoms with Crippen LogP contribution in [0, 0.1) is 13.8 Å². The van der Waals surface area contributed by atoms with E-state index < -0.39 is 0 Å². The molecule has 0 aromatic heterocycles. The van der Waals surface area contributed by atoms with Gasteiger partial charge in [-0.25, -0.2) is 0 Å². The molecule has 1 fully saturated rings. The van der Waals surface area contributed by atoms with Crippen LogP contribution in [-0.2, 0) is 9.53 Å². The lowest BCUT2D eigenvalue weighted by atomic mass is 10.1. The van der Waals surface area contributed by atoms with Gasteiger partial charge in [0.05, 0.1) is 19.1 Å². The number of amides is 1. The average molecular weight is 276 g/mol. The van der Waals surface area contributed by atoms with Crippen LogP contribution in [0.4, 0.5) is 5.69 Å². The fraction of sp³-hybridized carbons (Fsp3) is 0.562. The summed E-state index contributed by atoms with van der Waals surface area (Å²) in [6.45, 7) is 6.64. The largest absolute Gasteiger partial charge is 0.378 e. The van der Waals surface area contributed by atoms with Crippen LogP contribution >= 0.6 is 0 Å². The molecule has 1 amide bonds. The Kier molecular flexibility index (Phi) is 5.56. The maximum absolute atomic E-state index is 11.8. The van der Waals surface area contributed by atoms with E-state index in [1.54, 1.807) is 0 Å². The summed E-state index contributed by atoms with van der Waals surface area (Å²) in [4.78, 5) is 11.8. The third-order valence-corrected chi connectivity index (χ3v) is 3.76. The molecule has 1 saturated heterocycles. The fourth-order valence-electron chi connectivity index (χ4n) is 2.32. The predicted molar refractivity (Wildman–Crippen MR) is 81.0 cm³/mol. The maximum atomic E-state index is 11.8. The van der Waals surface area contributed by atoms with E-state index in [-0.39, 0.29) is 5.91 Å². The molecule has 0 spiro atoms. The summed E-state index contributed by atoms with van der Waals surface area (Å²) in [6, 6.07) is 5.96. The molecule has 20 heavy (non-hydrogen) atoms. The van der Waals surface area contributed by atoms with Crippen molar-refractivity contribution in [2.75, 3.05) is 25.0 Å². The van der Waals surface area contributed by atoms with Gasteiger partial charge in [-0.05, 0) is 63.0 Å². The molecule has 0 aliphatic carbocycles. The Balaban J connectivity index is 1.70. The standard InChI is InChI=1S/C16H24N2O2/c1-12-3-4-14(11-13(12)2)18-16(19)7-10-20-15-5-8-17-9-6-15/h3-4,11,15,17H,5-10H2,1-2H3,(H,18,19). The molecule has 4 nitrogen and oxygen atoms in total. The lowest BCUT2D eigenvalue weighted by molar-refractivity contribution is -0.117. The Morgan fingerprint density at radius 1 is 1.30 bits per heavy atom. The molecule has 4 heteroatoms. The number of ether oxygens (including phenoxy) is 1. The molecule has 2 N–H and O–H groups in total. The van der Waals surface area contributed by atoms with Gasteiger partial charge < -0.3 is 15.4 Å². The molecule has 1 aromatic rings. The Bertz CT molecular complexity index is 454. The molecule has 1 aromatic carbocycles. The molecule has 0 saturated carbocycles. The van der Waals surface area contributed by atoms with Crippen molar-refractivity contribution in [1.82, 2.24) is 5.32 Å². The predicted octanol–water partition coefficient (Wildman–Crippen LogP) is 2.40. The smallest absolute Gasteiger partial charge is 0.226 e. The summed E-state index contributed by atoms with van der Waals surface area (Å²) in [6.07, 6.45) is 2.81. The van der Waals surface area contributed by atoms with Gasteiger partial charge in [0.15, 0.2) is 0 Å². The Morgan fingerprint density at radius 3 is 2.75 bits per heavy atom. The highest BCUT2D eigenvalue weighted by molar-refractivity contribution is 5.90. The molecular formula is C16H24N2O2. The average Bonchev–Trinajstić information content (AvgIpc) is 2.44. The van der Waals surface area contributed by atoms with Crippen molar-refractivity contribution in [3.05, 3.63) is 29.3 Å².